The second-order valence-electron chi connectivity index (χ2n) is 17.5. The second kappa shape index (κ2) is 17.3. The van der Waals surface area contributed by atoms with Crippen LogP contribution in [0, 0.1) is 11.3 Å². The summed E-state index contributed by atoms with van der Waals surface area (Å²) < 4.78 is 258. The predicted molar refractivity (Wildman–Crippen MR) is 246 cm³/mol. The molecule has 0 bridgehead atoms. The third-order valence-corrected chi connectivity index (χ3v) is 12.8. The number of halogens is 18. The molecule has 0 aliphatic rings. The van der Waals surface area contributed by atoms with E-state index < -0.39 is 98.3 Å². The summed E-state index contributed by atoms with van der Waals surface area (Å²) in [7, 11) is 0. The Bertz CT molecular complexity index is 3980. The van der Waals surface area contributed by atoms with Crippen LogP contribution in [0.15, 0.2) is 152 Å². The summed E-state index contributed by atoms with van der Waals surface area (Å²) in [5.74, 6) is 0. The summed E-state index contributed by atoms with van der Waals surface area (Å²) in [5, 5.41) is 11.7. The van der Waals surface area contributed by atoms with Gasteiger partial charge in [0.2, 0.25) is 0 Å². The average molecular weight is 1070 g/mol. The normalized spacial score (nSPS) is 13.1. The summed E-state index contributed by atoms with van der Waals surface area (Å²) in [6, 6.07) is 26.7. The Morgan fingerprint density at radius 2 is 0.684 bits per heavy atom. The van der Waals surface area contributed by atoms with Gasteiger partial charge in [-0.15, -0.1) is 0 Å². The molecule has 76 heavy (non-hydrogen) atoms. The van der Waals surface area contributed by atoms with Crippen LogP contribution in [0.2, 0.25) is 0 Å². The largest absolute Gasteiger partial charge is 0.417 e. The Kier molecular flexibility index (Phi) is 11.6. The monoisotopic (exact) mass is 1070 g/mol. The van der Waals surface area contributed by atoms with E-state index in [0.717, 1.165) is 12.1 Å². The Morgan fingerprint density at radius 1 is 0.303 bits per heavy atom. The number of benzene rings is 8. The number of nitriles is 1. The Balaban J connectivity index is 1.31. The molecule has 3 nitrogen and oxygen atoms in total. The second-order valence-corrected chi connectivity index (χ2v) is 17.5. The van der Waals surface area contributed by atoms with Gasteiger partial charge < -0.3 is 9.13 Å². The summed E-state index contributed by atoms with van der Waals surface area (Å²) in [5.41, 5.74) is -12.6. The maximum atomic E-state index is 15.0. The van der Waals surface area contributed by atoms with E-state index in [9.17, 15) is 84.3 Å². The lowest BCUT2D eigenvalue weighted by Gasteiger charge is -2.21. The first-order valence-corrected chi connectivity index (χ1v) is 22.0. The highest BCUT2D eigenvalue weighted by Crippen LogP contribution is 2.48. The molecule has 0 spiro atoms. The Hall–Kier alpha value is -8.41. The zero-order chi connectivity index (χ0) is 54.8. The van der Waals surface area contributed by atoms with Gasteiger partial charge in [0, 0.05) is 27.1 Å². The first-order valence-electron chi connectivity index (χ1n) is 22.0. The van der Waals surface area contributed by atoms with Crippen molar-refractivity contribution in [2.45, 2.75) is 37.1 Å². The Labute approximate surface area is 414 Å². The minimum atomic E-state index is -5.47. The molecule has 0 N–H and O–H groups in total. The van der Waals surface area contributed by atoms with Gasteiger partial charge in [-0.05, 0) is 125 Å². The maximum absolute atomic E-state index is 15.0. The lowest BCUT2D eigenvalue weighted by Crippen LogP contribution is -2.13. The maximum Gasteiger partial charge on any atom is 0.417 e. The molecule has 386 valence electrons. The molecule has 0 aliphatic carbocycles. The number of nitrogens with zero attached hydrogens (tertiary/aromatic N) is 3. The van der Waals surface area contributed by atoms with Gasteiger partial charge in [0.05, 0.1) is 78.5 Å². The fourth-order valence-electron chi connectivity index (χ4n) is 9.51. The SMILES string of the molecule is N#Cc1cc(-n2c3ccccc3c3cc(-c4cc(C(F)(F)F)cc(C(F)(F)F)c4)ccc32)c(-n2c3ccccc3c3cc(-c4cc(C(F)(F)F)cc(C(F)(F)F)c4)ccc32)cc1-c1ccc(C(F)(F)F)cc1C(F)(F)F. The van der Waals surface area contributed by atoms with Gasteiger partial charge in [-0.1, -0.05) is 54.6 Å². The minimum absolute atomic E-state index is 0.0430. The topological polar surface area (TPSA) is 33.6 Å². The third kappa shape index (κ3) is 8.98. The van der Waals surface area contributed by atoms with E-state index in [-0.39, 0.29) is 78.9 Å². The molecular formula is C55H25F18N3. The van der Waals surface area contributed by atoms with Crippen molar-refractivity contribution in [2.24, 2.45) is 0 Å². The first kappa shape index (κ1) is 51.1. The average Bonchev–Trinajstić information content (AvgIpc) is 3.92. The van der Waals surface area contributed by atoms with Crippen molar-refractivity contribution < 1.29 is 79.0 Å². The summed E-state index contributed by atoms with van der Waals surface area (Å²) in [4.78, 5) is 0. The number of fused-ring (bicyclic) bond motifs is 6. The molecule has 8 aromatic carbocycles. The number of hydrogen-bond acceptors (Lipinski definition) is 1. The van der Waals surface area contributed by atoms with Gasteiger partial charge in [0.15, 0.2) is 0 Å². The molecule has 2 aromatic heterocycles. The molecule has 0 amide bonds. The fraction of sp³-hybridized carbons (Fsp3) is 0.109. The van der Waals surface area contributed by atoms with E-state index in [2.05, 4.69) is 0 Å². The van der Waals surface area contributed by atoms with Gasteiger partial charge >= 0.3 is 37.1 Å². The molecule has 10 aromatic rings. The van der Waals surface area contributed by atoms with Crippen molar-refractivity contribution in [3.05, 3.63) is 191 Å². The van der Waals surface area contributed by atoms with Crippen LogP contribution in [0.3, 0.4) is 0 Å². The zero-order valence-electron chi connectivity index (χ0n) is 37.6. The molecule has 21 heteroatoms. The van der Waals surface area contributed by atoms with E-state index in [1.165, 1.54) is 81.9 Å². The molecule has 0 atom stereocenters. The van der Waals surface area contributed by atoms with E-state index in [1.807, 2.05) is 6.07 Å². The van der Waals surface area contributed by atoms with Crippen LogP contribution in [0.1, 0.15) is 38.9 Å². The molecular weight excluding hydrogens is 1040 g/mol. The number of hydrogen-bond donors (Lipinski definition) is 0. The number of alkyl halides is 18. The number of para-hydroxylation sites is 2. The van der Waals surface area contributed by atoms with Gasteiger partial charge in [-0.25, -0.2) is 0 Å². The van der Waals surface area contributed by atoms with Crippen molar-refractivity contribution in [3.8, 4) is 50.8 Å². The van der Waals surface area contributed by atoms with Crippen LogP contribution in [-0.4, -0.2) is 9.13 Å². The van der Waals surface area contributed by atoms with Gasteiger partial charge in [0.1, 0.15) is 0 Å². The highest BCUT2D eigenvalue weighted by Gasteiger charge is 2.41. The van der Waals surface area contributed by atoms with Crippen LogP contribution in [-0.2, 0) is 37.1 Å². The van der Waals surface area contributed by atoms with Crippen molar-refractivity contribution in [1.29, 1.82) is 5.26 Å². The zero-order valence-corrected chi connectivity index (χ0v) is 37.6. The fourth-order valence-corrected chi connectivity index (χ4v) is 9.51. The summed E-state index contributed by atoms with van der Waals surface area (Å²) >= 11 is 0. The first-order chi connectivity index (χ1) is 35.4. The minimum Gasteiger partial charge on any atom is -0.307 e. The van der Waals surface area contributed by atoms with Crippen LogP contribution in [0.4, 0.5) is 79.0 Å². The lowest BCUT2D eigenvalue weighted by molar-refractivity contribution is -0.144. The summed E-state index contributed by atoms with van der Waals surface area (Å²) in [6.45, 7) is 0. The number of rotatable bonds is 5. The van der Waals surface area contributed by atoms with Crippen molar-refractivity contribution in [3.63, 3.8) is 0 Å². The highest BCUT2D eigenvalue weighted by molar-refractivity contribution is 6.13. The molecule has 2 heterocycles. The molecule has 0 radical (unpaired) electrons. The van der Waals surface area contributed by atoms with Crippen LogP contribution < -0.4 is 0 Å². The summed E-state index contributed by atoms with van der Waals surface area (Å²) in [6.07, 6.45) is -31.6. The van der Waals surface area contributed by atoms with Gasteiger partial charge in [0.25, 0.3) is 0 Å². The van der Waals surface area contributed by atoms with Crippen molar-refractivity contribution in [2.75, 3.05) is 0 Å². The van der Waals surface area contributed by atoms with Crippen molar-refractivity contribution >= 4 is 43.6 Å². The van der Waals surface area contributed by atoms with Gasteiger partial charge in [-0.2, -0.15) is 84.3 Å². The third-order valence-electron chi connectivity index (χ3n) is 12.8. The van der Waals surface area contributed by atoms with Gasteiger partial charge in [-0.3, -0.25) is 0 Å². The van der Waals surface area contributed by atoms with Crippen molar-refractivity contribution in [1.82, 2.24) is 9.13 Å². The molecule has 0 saturated carbocycles. The molecule has 0 aliphatic heterocycles. The highest BCUT2D eigenvalue weighted by atomic mass is 19.4. The van der Waals surface area contributed by atoms with Crippen LogP contribution >= 0.6 is 0 Å². The molecule has 0 fully saturated rings. The molecule has 10 rings (SSSR count). The quantitative estimate of drug-likeness (QED) is 0.158. The molecule has 0 unspecified atom stereocenters. The standard InChI is InChI=1S/C55H25F18N3/c56-50(57,58)32-11-12-37(43(24-32)55(71,72)73)40-25-49(76-45-8-4-2-6-39(45)42-20-28(10-14-47(42)76)30-17-35(53(65,66)67)23-36(18-30)54(68,69)70)48(21-31(40)26-74)75-44-7-3-1-5-38(44)41-19-27(9-13-46(41)75)29-15-33(51(59,60)61)22-34(16-29)52(62,63)64/h1-25H. The predicted octanol–water partition coefficient (Wildman–Crippen LogP) is 18.9. The van der Waals surface area contributed by atoms with Crippen LogP contribution in [0.25, 0.3) is 88.4 Å². The number of aromatic nitrogens is 2. The molecule has 0 saturated heterocycles. The lowest BCUT2D eigenvalue weighted by atomic mass is 9.92. The van der Waals surface area contributed by atoms with E-state index in [1.54, 1.807) is 12.1 Å². The smallest absolute Gasteiger partial charge is 0.307 e. The van der Waals surface area contributed by atoms with E-state index in [0.29, 0.717) is 41.8 Å². The van der Waals surface area contributed by atoms with E-state index >= 15 is 0 Å². The van der Waals surface area contributed by atoms with Crippen LogP contribution in [0.5, 0.6) is 0 Å². The Morgan fingerprint density at radius 3 is 1.07 bits per heavy atom. The van der Waals surface area contributed by atoms with E-state index in [4.69, 9.17) is 0 Å².